The van der Waals surface area contributed by atoms with Gasteiger partial charge in [-0.3, -0.25) is 4.79 Å². The van der Waals surface area contributed by atoms with Crippen LogP contribution in [0.25, 0.3) is 0 Å². The van der Waals surface area contributed by atoms with E-state index >= 15 is 0 Å². The number of amides is 1. The topological polar surface area (TPSA) is 78.9 Å². The molecule has 3 N–H and O–H groups in total. The molecule has 18 heavy (non-hydrogen) atoms. The van der Waals surface area contributed by atoms with Crippen LogP contribution in [0.4, 0.5) is 0 Å². The Bertz CT molecular complexity index is 311. The number of hydrogen-bond donors (Lipinski definition) is 2. The quantitative estimate of drug-likeness (QED) is 0.708. The van der Waals surface area contributed by atoms with Crippen molar-refractivity contribution in [2.45, 2.75) is 58.4 Å². The summed E-state index contributed by atoms with van der Waals surface area (Å²) in [7, 11) is 0. The van der Waals surface area contributed by atoms with Gasteiger partial charge < -0.3 is 11.1 Å². The Labute approximate surface area is 110 Å². The standard InChI is InChI=1S/C14H25N3O/c1-14(2,10-15)8-3-9-17-12-6-4-11(5-7-12)13(16)18/h11-12,17H,3-9H2,1-2H3,(H2,16,18). The van der Waals surface area contributed by atoms with E-state index in [1.54, 1.807) is 0 Å². The first kappa shape index (κ1) is 15.0. The number of carbonyl (C=O) groups is 1. The molecule has 1 rings (SSSR count). The average molecular weight is 251 g/mol. The highest BCUT2D eigenvalue weighted by molar-refractivity contribution is 5.76. The Balaban J connectivity index is 2.12. The molecule has 0 unspecified atom stereocenters. The highest BCUT2D eigenvalue weighted by Gasteiger charge is 2.24. The van der Waals surface area contributed by atoms with Crippen LogP contribution in [0.15, 0.2) is 0 Å². The van der Waals surface area contributed by atoms with Gasteiger partial charge in [-0.05, 0) is 58.9 Å². The van der Waals surface area contributed by atoms with E-state index < -0.39 is 0 Å². The number of nitrogens with zero attached hydrogens (tertiary/aromatic N) is 1. The van der Waals surface area contributed by atoms with E-state index in [9.17, 15) is 4.79 Å². The predicted molar refractivity (Wildman–Crippen MR) is 71.6 cm³/mol. The summed E-state index contributed by atoms with van der Waals surface area (Å²) < 4.78 is 0. The maximum atomic E-state index is 11.0. The van der Waals surface area contributed by atoms with Gasteiger partial charge in [-0.15, -0.1) is 0 Å². The first-order valence-electron chi connectivity index (χ1n) is 6.88. The molecule has 0 saturated heterocycles. The van der Waals surface area contributed by atoms with Crippen LogP contribution in [0.1, 0.15) is 52.4 Å². The fourth-order valence-corrected chi connectivity index (χ4v) is 2.47. The van der Waals surface area contributed by atoms with Crippen molar-refractivity contribution in [3.05, 3.63) is 0 Å². The van der Waals surface area contributed by atoms with Crippen LogP contribution in [0.5, 0.6) is 0 Å². The molecule has 0 heterocycles. The third-order valence-electron chi connectivity index (χ3n) is 3.84. The first-order chi connectivity index (χ1) is 8.44. The summed E-state index contributed by atoms with van der Waals surface area (Å²) in [6.07, 6.45) is 5.85. The van der Waals surface area contributed by atoms with Gasteiger partial charge in [0.05, 0.1) is 11.5 Å². The van der Waals surface area contributed by atoms with Gasteiger partial charge in [0, 0.05) is 12.0 Å². The van der Waals surface area contributed by atoms with Crippen LogP contribution in [0, 0.1) is 22.7 Å². The number of nitrogens with two attached hydrogens (primary N) is 1. The van der Waals surface area contributed by atoms with Crippen molar-refractivity contribution in [3.8, 4) is 6.07 Å². The van der Waals surface area contributed by atoms with Crippen molar-refractivity contribution in [1.82, 2.24) is 5.32 Å². The van der Waals surface area contributed by atoms with E-state index in [0.717, 1.165) is 45.1 Å². The smallest absolute Gasteiger partial charge is 0.220 e. The fraction of sp³-hybridized carbons (Fsp3) is 0.857. The highest BCUT2D eigenvalue weighted by Crippen LogP contribution is 2.24. The molecule has 1 saturated carbocycles. The molecule has 102 valence electrons. The molecule has 0 aromatic heterocycles. The van der Waals surface area contributed by atoms with Gasteiger partial charge in [0.2, 0.25) is 5.91 Å². The number of hydrogen-bond acceptors (Lipinski definition) is 3. The number of primary amides is 1. The second-order valence-electron chi connectivity index (χ2n) is 6.00. The van der Waals surface area contributed by atoms with Gasteiger partial charge in [-0.25, -0.2) is 0 Å². The molecule has 4 heteroatoms. The van der Waals surface area contributed by atoms with E-state index in [4.69, 9.17) is 11.0 Å². The molecule has 0 aromatic carbocycles. The third kappa shape index (κ3) is 5.05. The number of carbonyl (C=O) groups excluding carboxylic acids is 1. The lowest BCUT2D eigenvalue weighted by Gasteiger charge is -2.27. The molecule has 0 aromatic rings. The average Bonchev–Trinajstić information content (AvgIpc) is 2.35. The van der Waals surface area contributed by atoms with Crippen molar-refractivity contribution in [2.24, 2.45) is 17.1 Å². The molecule has 0 spiro atoms. The molecule has 1 fully saturated rings. The minimum atomic E-state index is -0.217. The van der Waals surface area contributed by atoms with Crippen LogP contribution in [0.2, 0.25) is 0 Å². The number of nitriles is 1. The number of rotatable bonds is 6. The Hall–Kier alpha value is -1.08. The highest BCUT2D eigenvalue weighted by atomic mass is 16.1. The Morgan fingerprint density at radius 3 is 2.50 bits per heavy atom. The summed E-state index contributed by atoms with van der Waals surface area (Å²) in [5.41, 5.74) is 5.09. The molecule has 1 aliphatic carbocycles. The van der Waals surface area contributed by atoms with Gasteiger partial charge in [0.25, 0.3) is 0 Å². The Morgan fingerprint density at radius 2 is 2.00 bits per heavy atom. The lowest BCUT2D eigenvalue weighted by Crippen LogP contribution is -2.37. The Kier molecular flexibility index (Phi) is 5.61. The molecular formula is C14H25N3O. The molecule has 4 nitrogen and oxygen atoms in total. The minimum Gasteiger partial charge on any atom is -0.369 e. The van der Waals surface area contributed by atoms with E-state index in [2.05, 4.69) is 11.4 Å². The van der Waals surface area contributed by atoms with Gasteiger partial charge in [0.1, 0.15) is 0 Å². The third-order valence-corrected chi connectivity index (χ3v) is 3.84. The lowest BCUT2D eigenvalue weighted by atomic mass is 9.85. The maximum absolute atomic E-state index is 11.0. The summed E-state index contributed by atoms with van der Waals surface area (Å²) in [5.74, 6) is -0.0650. The zero-order valence-corrected chi connectivity index (χ0v) is 11.5. The van der Waals surface area contributed by atoms with Gasteiger partial charge in [-0.2, -0.15) is 5.26 Å². The van der Waals surface area contributed by atoms with Gasteiger partial charge in [0.15, 0.2) is 0 Å². The SMILES string of the molecule is CC(C)(C#N)CCCNC1CCC(C(N)=O)CC1. The number of nitrogens with one attached hydrogen (secondary N) is 1. The van der Waals surface area contributed by atoms with Crippen LogP contribution in [-0.4, -0.2) is 18.5 Å². The van der Waals surface area contributed by atoms with Gasteiger partial charge in [-0.1, -0.05) is 0 Å². The van der Waals surface area contributed by atoms with Crippen molar-refractivity contribution >= 4 is 5.91 Å². The summed E-state index contributed by atoms with van der Waals surface area (Å²) in [5, 5.41) is 12.4. The van der Waals surface area contributed by atoms with E-state index in [1.165, 1.54) is 0 Å². The van der Waals surface area contributed by atoms with Crippen LogP contribution in [0.3, 0.4) is 0 Å². The Morgan fingerprint density at radius 1 is 1.39 bits per heavy atom. The maximum Gasteiger partial charge on any atom is 0.220 e. The minimum absolute atomic E-state index is 0.0839. The molecule has 0 aliphatic heterocycles. The van der Waals surface area contributed by atoms with Crippen molar-refractivity contribution in [2.75, 3.05) is 6.54 Å². The zero-order valence-electron chi connectivity index (χ0n) is 11.5. The second kappa shape index (κ2) is 6.75. The summed E-state index contributed by atoms with van der Waals surface area (Å²) in [6, 6.07) is 2.84. The van der Waals surface area contributed by atoms with Crippen molar-refractivity contribution in [1.29, 1.82) is 5.26 Å². The second-order valence-corrected chi connectivity index (χ2v) is 6.00. The molecular weight excluding hydrogens is 226 g/mol. The largest absolute Gasteiger partial charge is 0.369 e. The van der Waals surface area contributed by atoms with E-state index in [-0.39, 0.29) is 17.2 Å². The fourth-order valence-electron chi connectivity index (χ4n) is 2.47. The monoisotopic (exact) mass is 251 g/mol. The normalized spacial score (nSPS) is 24.5. The molecule has 1 aliphatic rings. The van der Waals surface area contributed by atoms with Crippen molar-refractivity contribution in [3.63, 3.8) is 0 Å². The van der Waals surface area contributed by atoms with Crippen LogP contribution < -0.4 is 11.1 Å². The summed E-state index contributed by atoms with van der Waals surface area (Å²) in [6.45, 7) is 4.91. The van der Waals surface area contributed by atoms with Gasteiger partial charge >= 0.3 is 0 Å². The van der Waals surface area contributed by atoms with E-state index in [0.29, 0.717) is 6.04 Å². The lowest BCUT2D eigenvalue weighted by molar-refractivity contribution is -0.122. The molecule has 0 radical (unpaired) electrons. The van der Waals surface area contributed by atoms with Crippen LogP contribution in [-0.2, 0) is 4.79 Å². The first-order valence-corrected chi connectivity index (χ1v) is 6.88. The van der Waals surface area contributed by atoms with Crippen molar-refractivity contribution < 1.29 is 4.79 Å². The summed E-state index contributed by atoms with van der Waals surface area (Å²) in [4.78, 5) is 11.0. The molecule has 0 atom stereocenters. The van der Waals surface area contributed by atoms with E-state index in [1.807, 2.05) is 13.8 Å². The summed E-state index contributed by atoms with van der Waals surface area (Å²) >= 11 is 0. The predicted octanol–water partition coefficient (Wildman–Crippen LogP) is 1.95. The molecule has 1 amide bonds. The van der Waals surface area contributed by atoms with Crippen LogP contribution >= 0.6 is 0 Å². The zero-order chi connectivity index (χ0) is 13.6. The molecule has 0 bridgehead atoms.